The summed E-state index contributed by atoms with van der Waals surface area (Å²) in [6.07, 6.45) is 2.36. The molecule has 2 atom stereocenters. The van der Waals surface area contributed by atoms with Crippen molar-refractivity contribution in [2.75, 3.05) is 0 Å². The van der Waals surface area contributed by atoms with E-state index >= 15 is 0 Å². The van der Waals surface area contributed by atoms with E-state index in [9.17, 15) is 9.36 Å². The van der Waals surface area contributed by atoms with Crippen molar-refractivity contribution < 1.29 is 14.3 Å². The summed E-state index contributed by atoms with van der Waals surface area (Å²) in [7, 11) is -2.64. The second-order valence-electron chi connectivity index (χ2n) is 2.64. The maximum absolute atomic E-state index is 10.8. The molecule has 0 heterocycles. The molecule has 0 aromatic rings. The summed E-state index contributed by atoms with van der Waals surface area (Å²) < 4.78 is 10.6. The molecule has 0 saturated carbocycles. The number of unbranched alkanes of at least 4 members (excludes halogenated alkanes) is 1. The van der Waals surface area contributed by atoms with Gasteiger partial charge in [0.1, 0.15) is 5.78 Å². The molecule has 0 fully saturated rings. The van der Waals surface area contributed by atoms with Gasteiger partial charge in [-0.2, -0.15) is 0 Å². The zero-order valence-electron chi connectivity index (χ0n) is 6.96. The van der Waals surface area contributed by atoms with Crippen molar-refractivity contribution in [3.63, 3.8) is 0 Å². The van der Waals surface area contributed by atoms with Gasteiger partial charge in [0.15, 0.2) is 8.03 Å². The fourth-order valence-corrected chi connectivity index (χ4v) is 1.71. The summed E-state index contributed by atoms with van der Waals surface area (Å²) in [4.78, 5) is 19.5. The summed E-state index contributed by atoms with van der Waals surface area (Å²) >= 11 is 0. The fourth-order valence-electron chi connectivity index (χ4n) is 0.909. The van der Waals surface area contributed by atoms with E-state index in [4.69, 9.17) is 4.89 Å². The van der Waals surface area contributed by atoms with Gasteiger partial charge < -0.3 is 4.89 Å². The van der Waals surface area contributed by atoms with Crippen molar-refractivity contribution in [3.05, 3.63) is 0 Å². The number of hydrogen-bond donors (Lipinski definition) is 1. The van der Waals surface area contributed by atoms with Gasteiger partial charge in [0.2, 0.25) is 0 Å². The second kappa shape index (κ2) is 8.46. The molecule has 0 saturated heterocycles. The molecule has 0 bridgehead atoms. The number of ketones is 1. The minimum atomic E-state index is -2.64. The van der Waals surface area contributed by atoms with Crippen LogP contribution in [0.4, 0.5) is 0 Å². The summed E-state index contributed by atoms with van der Waals surface area (Å²) in [5.74, 6) is -0.162. The van der Waals surface area contributed by atoms with Crippen LogP contribution in [0.3, 0.4) is 0 Å². The fraction of sp³-hybridized carbons (Fsp3) is 0.857. The second-order valence-corrected chi connectivity index (χ2v) is 4.02. The Morgan fingerprint density at radius 2 is 2.08 bits per heavy atom. The molecule has 0 rings (SSSR count). The topological polar surface area (TPSA) is 54.4 Å². The van der Waals surface area contributed by atoms with Gasteiger partial charge in [0.05, 0.1) is 5.66 Å². The molecule has 3 nitrogen and oxygen atoms in total. The van der Waals surface area contributed by atoms with Crippen LogP contribution in [0.25, 0.3) is 0 Å². The summed E-state index contributed by atoms with van der Waals surface area (Å²) in [5, 5.41) is 0. The first-order valence-electron chi connectivity index (χ1n) is 3.82. The zero-order valence-corrected chi connectivity index (χ0v) is 7.96. The van der Waals surface area contributed by atoms with Gasteiger partial charge >= 0.3 is 29.6 Å². The maximum atomic E-state index is 10.8. The van der Waals surface area contributed by atoms with Crippen LogP contribution < -0.4 is 0 Å². The van der Waals surface area contributed by atoms with Crippen LogP contribution in [0.5, 0.6) is 0 Å². The van der Waals surface area contributed by atoms with E-state index in [0.717, 1.165) is 12.8 Å². The molecular weight excluding hydrogens is 186 g/mol. The molecule has 1 N–H and O–H groups in total. The Morgan fingerprint density at radius 3 is 2.33 bits per heavy atom. The van der Waals surface area contributed by atoms with Gasteiger partial charge in [-0.3, -0.25) is 9.36 Å². The van der Waals surface area contributed by atoms with Gasteiger partial charge in [-0.25, -0.2) is 0 Å². The Balaban J connectivity index is 0. The molecule has 5 heteroatoms. The number of carbonyl (C=O) groups is 1. The van der Waals surface area contributed by atoms with Crippen molar-refractivity contribution in [2.45, 2.75) is 38.8 Å². The van der Waals surface area contributed by atoms with Crippen molar-refractivity contribution >= 4 is 43.4 Å². The molecule has 2 unspecified atom stereocenters. The summed E-state index contributed by atoms with van der Waals surface area (Å²) in [6.45, 7) is 3.37. The molecular formula is C7H16NaO3P. The average Bonchev–Trinajstić information content (AvgIpc) is 1.87. The van der Waals surface area contributed by atoms with Crippen LogP contribution in [0.1, 0.15) is 33.1 Å². The number of rotatable bonds is 5. The third-order valence-electron chi connectivity index (χ3n) is 1.64. The van der Waals surface area contributed by atoms with Gasteiger partial charge in [0, 0.05) is 0 Å². The van der Waals surface area contributed by atoms with Crippen molar-refractivity contribution in [1.29, 1.82) is 0 Å². The van der Waals surface area contributed by atoms with E-state index in [0.29, 0.717) is 6.42 Å². The first kappa shape index (κ1) is 15.3. The molecule has 0 aliphatic rings. The Bertz CT molecular complexity index is 147. The van der Waals surface area contributed by atoms with Gasteiger partial charge in [-0.1, -0.05) is 19.8 Å². The van der Waals surface area contributed by atoms with E-state index in [2.05, 4.69) is 0 Å². The van der Waals surface area contributed by atoms with Gasteiger partial charge in [-0.05, 0) is 13.3 Å². The molecule has 12 heavy (non-hydrogen) atoms. The minimum absolute atomic E-state index is 0. The Labute approximate surface area is 96.1 Å². The molecule has 0 spiro atoms. The monoisotopic (exact) mass is 202 g/mol. The normalized spacial score (nSPS) is 14.6. The first-order valence-corrected chi connectivity index (χ1v) is 5.26. The van der Waals surface area contributed by atoms with E-state index in [1.807, 2.05) is 6.92 Å². The molecule has 0 aromatic carbocycles. The van der Waals surface area contributed by atoms with Crippen LogP contribution in [0.15, 0.2) is 0 Å². The predicted octanol–water partition coefficient (Wildman–Crippen LogP) is 0.953. The van der Waals surface area contributed by atoms with Crippen LogP contribution in [0, 0.1) is 0 Å². The number of hydrogen-bond acceptors (Lipinski definition) is 2. The summed E-state index contributed by atoms with van der Waals surface area (Å²) in [6, 6.07) is 0. The van der Waals surface area contributed by atoms with Crippen molar-refractivity contribution in [1.82, 2.24) is 0 Å². The third-order valence-corrected chi connectivity index (χ3v) is 2.93. The van der Waals surface area contributed by atoms with Crippen molar-refractivity contribution in [2.24, 2.45) is 0 Å². The number of Topliss-reactive ketones (excluding diaryl/α,β-unsaturated/α-hetero) is 1. The van der Waals surface area contributed by atoms with E-state index in [1.165, 1.54) is 6.92 Å². The van der Waals surface area contributed by atoms with E-state index in [-0.39, 0.29) is 35.3 Å². The third kappa shape index (κ3) is 6.38. The average molecular weight is 202 g/mol. The van der Waals surface area contributed by atoms with E-state index in [1.54, 1.807) is 0 Å². The quantitative estimate of drug-likeness (QED) is 0.533. The van der Waals surface area contributed by atoms with Crippen LogP contribution in [-0.4, -0.2) is 45.9 Å². The molecule has 0 amide bonds. The van der Waals surface area contributed by atoms with Gasteiger partial charge in [0.25, 0.3) is 0 Å². The Hall–Kier alpha value is 0.860. The summed E-state index contributed by atoms with van der Waals surface area (Å²) in [5.41, 5.74) is -0.597. The number of carbonyl (C=O) groups excluding carboxylic acids is 1. The molecule has 68 valence electrons. The predicted molar refractivity (Wildman–Crippen MR) is 52.4 cm³/mol. The SMILES string of the molecule is CCCCC(C(C)=O)[PH](=O)O.[NaH]. The molecule has 0 aromatic heterocycles. The molecule has 0 aliphatic carbocycles. The van der Waals surface area contributed by atoms with Crippen molar-refractivity contribution in [3.8, 4) is 0 Å². The standard InChI is InChI=1S/C7H15O3P.Na.H/c1-3-4-5-7(6(2)8)11(9)10;;/h7,11H,3-5H2,1-2H3,(H,9,10);;. The first-order chi connectivity index (χ1) is 5.09. The van der Waals surface area contributed by atoms with Crippen LogP contribution in [0.2, 0.25) is 0 Å². The Kier molecular flexibility index (Phi) is 10.8. The Morgan fingerprint density at radius 1 is 1.58 bits per heavy atom. The molecule has 0 aliphatic heterocycles. The van der Waals surface area contributed by atoms with E-state index < -0.39 is 13.7 Å². The molecule has 0 radical (unpaired) electrons. The van der Waals surface area contributed by atoms with Crippen LogP contribution in [-0.2, 0) is 9.36 Å². The zero-order chi connectivity index (χ0) is 8.85. The van der Waals surface area contributed by atoms with Crippen LogP contribution >= 0.6 is 8.03 Å². The van der Waals surface area contributed by atoms with Gasteiger partial charge in [-0.15, -0.1) is 0 Å².